The van der Waals surface area contributed by atoms with Crippen LogP contribution in [-0.4, -0.2) is 31.6 Å². The molecule has 104 valence electrons. The van der Waals surface area contributed by atoms with Gasteiger partial charge in [-0.25, -0.2) is 0 Å². The van der Waals surface area contributed by atoms with Crippen molar-refractivity contribution in [3.63, 3.8) is 0 Å². The van der Waals surface area contributed by atoms with Crippen LogP contribution < -0.4 is 16.4 Å². The third-order valence-electron chi connectivity index (χ3n) is 2.45. The highest BCUT2D eigenvalue weighted by molar-refractivity contribution is 5.86. The summed E-state index contributed by atoms with van der Waals surface area (Å²) in [6, 6.07) is 6.54. The number of carbonyl (C=O) groups excluding carboxylic acids is 2. The number of amides is 2. The first-order valence-electron chi connectivity index (χ1n) is 5.91. The summed E-state index contributed by atoms with van der Waals surface area (Å²) in [5, 5.41) is 5.25. The van der Waals surface area contributed by atoms with E-state index >= 15 is 0 Å². The zero-order chi connectivity index (χ0) is 14.3. The average molecular weight is 265 g/mol. The van der Waals surface area contributed by atoms with E-state index in [1.807, 2.05) is 12.1 Å². The summed E-state index contributed by atoms with van der Waals surface area (Å²) < 4.78 is 4.90. The van der Waals surface area contributed by atoms with Gasteiger partial charge in [-0.15, -0.1) is 0 Å². The number of carbonyl (C=O) groups is 2. The molecule has 1 rings (SSSR count). The normalized spacial score (nSPS) is 11.7. The number of nitrogen functional groups attached to an aromatic ring is 1. The Hall–Kier alpha value is -2.08. The summed E-state index contributed by atoms with van der Waals surface area (Å²) in [6.07, 6.45) is 0. The van der Waals surface area contributed by atoms with Gasteiger partial charge in [-0.1, -0.05) is 12.1 Å². The quantitative estimate of drug-likeness (QED) is 0.633. The van der Waals surface area contributed by atoms with Gasteiger partial charge in [0.1, 0.15) is 6.04 Å². The lowest BCUT2D eigenvalue weighted by atomic mass is 10.2. The van der Waals surface area contributed by atoms with Crippen LogP contribution in [-0.2, 0) is 20.9 Å². The lowest BCUT2D eigenvalue weighted by molar-refractivity contribution is -0.129. The number of hydrogen-bond acceptors (Lipinski definition) is 4. The molecule has 0 aliphatic carbocycles. The maximum absolute atomic E-state index is 11.9. The highest BCUT2D eigenvalue weighted by Crippen LogP contribution is 2.05. The second kappa shape index (κ2) is 7.38. The van der Waals surface area contributed by atoms with Crippen LogP contribution in [0.15, 0.2) is 24.3 Å². The second-order valence-electron chi connectivity index (χ2n) is 4.17. The Balaban J connectivity index is 2.54. The average Bonchev–Trinajstić information content (AvgIpc) is 2.35. The number of nitrogens with two attached hydrogens (primary N) is 1. The van der Waals surface area contributed by atoms with Crippen molar-refractivity contribution >= 4 is 17.5 Å². The Morgan fingerprint density at radius 1 is 1.42 bits per heavy atom. The Kier molecular flexibility index (Phi) is 5.81. The number of rotatable bonds is 6. The molecule has 0 fully saturated rings. The van der Waals surface area contributed by atoms with Gasteiger partial charge in [0, 0.05) is 26.3 Å². The third kappa shape index (κ3) is 5.39. The van der Waals surface area contributed by atoms with Gasteiger partial charge in [0.25, 0.3) is 0 Å². The Morgan fingerprint density at radius 3 is 2.74 bits per heavy atom. The topological polar surface area (TPSA) is 93.4 Å². The predicted molar refractivity (Wildman–Crippen MR) is 72.2 cm³/mol. The van der Waals surface area contributed by atoms with E-state index in [2.05, 4.69) is 10.6 Å². The third-order valence-corrected chi connectivity index (χ3v) is 2.45. The van der Waals surface area contributed by atoms with Crippen molar-refractivity contribution in [3.05, 3.63) is 29.8 Å². The molecule has 0 aliphatic heterocycles. The van der Waals surface area contributed by atoms with Gasteiger partial charge >= 0.3 is 0 Å². The predicted octanol–water partition coefficient (Wildman–Crippen LogP) is 0.0361. The molecule has 0 bridgehead atoms. The number of benzene rings is 1. The molecule has 0 saturated heterocycles. The largest absolute Gasteiger partial charge is 0.399 e. The molecule has 0 saturated carbocycles. The number of nitrogens with one attached hydrogen (secondary N) is 2. The fourth-order valence-corrected chi connectivity index (χ4v) is 1.61. The number of ether oxygens (including phenoxy) is 1. The smallest absolute Gasteiger partial charge is 0.245 e. The molecule has 0 radical (unpaired) electrons. The summed E-state index contributed by atoms with van der Waals surface area (Å²) >= 11 is 0. The van der Waals surface area contributed by atoms with E-state index in [9.17, 15) is 9.59 Å². The molecular weight excluding hydrogens is 246 g/mol. The minimum atomic E-state index is -0.691. The summed E-state index contributed by atoms with van der Waals surface area (Å²) in [5.74, 6) is -0.569. The maximum atomic E-state index is 11.9. The van der Waals surface area contributed by atoms with Crippen LogP contribution in [0, 0.1) is 0 Å². The van der Waals surface area contributed by atoms with E-state index in [-0.39, 0.29) is 18.4 Å². The van der Waals surface area contributed by atoms with Crippen molar-refractivity contribution in [2.24, 2.45) is 0 Å². The van der Waals surface area contributed by atoms with E-state index in [1.54, 1.807) is 12.1 Å². The van der Waals surface area contributed by atoms with Crippen molar-refractivity contribution in [3.8, 4) is 0 Å². The van der Waals surface area contributed by atoms with Gasteiger partial charge in [-0.05, 0) is 17.7 Å². The molecule has 19 heavy (non-hydrogen) atoms. The molecule has 0 aromatic heterocycles. The Morgan fingerprint density at radius 2 is 2.16 bits per heavy atom. The zero-order valence-electron chi connectivity index (χ0n) is 11.1. The zero-order valence-corrected chi connectivity index (χ0v) is 11.1. The molecule has 0 unspecified atom stereocenters. The van der Waals surface area contributed by atoms with Gasteiger partial charge in [0.2, 0.25) is 11.8 Å². The SMILES string of the molecule is COC[C@@H](NC(C)=O)C(=O)NCc1cccc(N)c1. The van der Waals surface area contributed by atoms with Crippen molar-refractivity contribution < 1.29 is 14.3 Å². The lowest BCUT2D eigenvalue weighted by Gasteiger charge is -2.16. The number of anilines is 1. The van der Waals surface area contributed by atoms with Crippen LogP contribution in [0.3, 0.4) is 0 Å². The maximum Gasteiger partial charge on any atom is 0.245 e. The van der Waals surface area contributed by atoms with Crippen LogP contribution >= 0.6 is 0 Å². The fourth-order valence-electron chi connectivity index (χ4n) is 1.61. The van der Waals surface area contributed by atoms with Gasteiger partial charge in [-0.2, -0.15) is 0 Å². The Labute approximate surface area is 112 Å². The van der Waals surface area contributed by atoms with Gasteiger partial charge in [0.15, 0.2) is 0 Å². The molecule has 6 heteroatoms. The van der Waals surface area contributed by atoms with Crippen LogP contribution in [0.2, 0.25) is 0 Å². The molecule has 4 N–H and O–H groups in total. The molecule has 1 aromatic carbocycles. The van der Waals surface area contributed by atoms with Gasteiger partial charge in [0.05, 0.1) is 6.61 Å². The van der Waals surface area contributed by atoms with Crippen LogP contribution in [0.25, 0.3) is 0 Å². The summed E-state index contributed by atoms with van der Waals surface area (Å²) in [5.41, 5.74) is 7.19. The fraction of sp³-hybridized carbons (Fsp3) is 0.385. The lowest BCUT2D eigenvalue weighted by Crippen LogP contribution is -2.48. The molecular formula is C13H19N3O3. The molecule has 1 atom stereocenters. The Bertz CT molecular complexity index is 449. The molecule has 0 heterocycles. The first-order valence-corrected chi connectivity index (χ1v) is 5.91. The second-order valence-corrected chi connectivity index (χ2v) is 4.17. The molecule has 2 amide bonds. The van der Waals surface area contributed by atoms with Gasteiger partial charge < -0.3 is 21.1 Å². The highest BCUT2D eigenvalue weighted by atomic mass is 16.5. The van der Waals surface area contributed by atoms with Crippen molar-refractivity contribution in [2.75, 3.05) is 19.5 Å². The van der Waals surface area contributed by atoms with E-state index in [1.165, 1.54) is 14.0 Å². The van der Waals surface area contributed by atoms with Crippen molar-refractivity contribution in [1.29, 1.82) is 0 Å². The molecule has 1 aromatic rings. The minimum absolute atomic E-state index is 0.127. The van der Waals surface area contributed by atoms with E-state index < -0.39 is 6.04 Å². The van der Waals surface area contributed by atoms with Crippen molar-refractivity contribution in [2.45, 2.75) is 19.5 Å². The van der Waals surface area contributed by atoms with Crippen LogP contribution in [0.4, 0.5) is 5.69 Å². The monoisotopic (exact) mass is 265 g/mol. The van der Waals surface area contributed by atoms with Crippen molar-refractivity contribution in [1.82, 2.24) is 10.6 Å². The first kappa shape index (κ1) is 15.0. The first-order chi connectivity index (χ1) is 9.02. The van der Waals surface area contributed by atoms with Gasteiger partial charge in [-0.3, -0.25) is 9.59 Å². The standard InChI is InChI=1S/C13H19N3O3/c1-9(17)16-12(8-19-2)13(18)15-7-10-4-3-5-11(14)6-10/h3-6,12H,7-8,14H2,1-2H3,(H,15,18)(H,16,17)/t12-/m1/s1. The highest BCUT2D eigenvalue weighted by Gasteiger charge is 2.18. The summed E-state index contributed by atoms with van der Waals surface area (Å²) in [4.78, 5) is 22.9. The number of hydrogen-bond donors (Lipinski definition) is 3. The molecule has 6 nitrogen and oxygen atoms in total. The van der Waals surface area contributed by atoms with Crippen LogP contribution in [0.1, 0.15) is 12.5 Å². The summed E-state index contributed by atoms with van der Waals surface area (Å²) in [7, 11) is 1.47. The molecule has 0 spiro atoms. The van der Waals surface area contributed by atoms with Crippen LogP contribution in [0.5, 0.6) is 0 Å². The van der Waals surface area contributed by atoms with E-state index in [0.717, 1.165) is 5.56 Å². The van der Waals surface area contributed by atoms with E-state index in [0.29, 0.717) is 12.2 Å². The minimum Gasteiger partial charge on any atom is -0.399 e. The number of methoxy groups -OCH3 is 1. The molecule has 0 aliphatic rings. The van der Waals surface area contributed by atoms with E-state index in [4.69, 9.17) is 10.5 Å². The summed E-state index contributed by atoms with van der Waals surface area (Å²) in [6.45, 7) is 1.83.